The minimum atomic E-state index is -0.489. The van der Waals surface area contributed by atoms with Crippen LogP contribution < -0.4 is 5.73 Å². The fourth-order valence-electron chi connectivity index (χ4n) is 1.78. The molecule has 2 unspecified atom stereocenters. The third-order valence-corrected chi connectivity index (χ3v) is 2.69. The molecule has 15 heavy (non-hydrogen) atoms. The van der Waals surface area contributed by atoms with Crippen molar-refractivity contribution in [1.29, 1.82) is 0 Å². The van der Waals surface area contributed by atoms with Crippen molar-refractivity contribution in [3.05, 3.63) is 11.5 Å². The summed E-state index contributed by atoms with van der Waals surface area (Å²) in [5.74, 6) is -0.156. The molecule has 0 aromatic rings. The molecule has 1 rings (SSSR count). The Bertz CT molecular complexity index is 298. The van der Waals surface area contributed by atoms with E-state index in [1.165, 1.54) is 14.2 Å². The maximum atomic E-state index is 11.1. The molecule has 1 aliphatic carbocycles. The number of nitrogens with two attached hydrogens (primary N) is 1. The minimum Gasteiger partial charge on any atom is -0.498 e. The Morgan fingerprint density at radius 1 is 1.33 bits per heavy atom. The highest BCUT2D eigenvalue weighted by Crippen LogP contribution is 2.33. The van der Waals surface area contributed by atoms with Crippen LogP contribution in [-0.2, 0) is 19.1 Å². The third-order valence-electron chi connectivity index (χ3n) is 2.69. The van der Waals surface area contributed by atoms with Crippen molar-refractivity contribution in [2.24, 2.45) is 17.6 Å². The van der Waals surface area contributed by atoms with Crippen LogP contribution in [0.1, 0.15) is 12.8 Å². The topological polar surface area (TPSA) is 78.6 Å². The summed E-state index contributed by atoms with van der Waals surface area (Å²) in [6.45, 7) is 0. The highest BCUT2D eigenvalue weighted by Gasteiger charge is 2.34. The summed E-state index contributed by atoms with van der Waals surface area (Å²) < 4.78 is 10.2. The first kappa shape index (κ1) is 11.6. The molecule has 84 valence electrons. The van der Waals surface area contributed by atoms with E-state index in [0.717, 1.165) is 6.29 Å². The van der Waals surface area contributed by atoms with Crippen molar-refractivity contribution >= 4 is 12.2 Å². The summed E-state index contributed by atoms with van der Waals surface area (Å²) >= 11 is 0. The van der Waals surface area contributed by atoms with Gasteiger partial charge in [-0.05, 0) is 0 Å². The van der Waals surface area contributed by atoms with Gasteiger partial charge in [0.1, 0.15) is 17.8 Å². The van der Waals surface area contributed by atoms with Crippen LogP contribution in [0.4, 0.5) is 0 Å². The van der Waals surface area contributed by atoms with Gasteiger partial charge in [0.2, 0.25) is 5.91 Å². The van der Waals surface area contributed by atoms with Crippen LogP contribution >= 0.6 is 0 Å². The average Bonchev–Trinajstić information content (AvgIpc) is 2.26. The highest BCUT2D eigenvalue weighted by molar-refractivity contribution is 5.81. The van der Waals surface area contributed by atoms with Gasteiger partial charge >= 0.3 is 0 Å². The maximum Gasteiger partial charge on any atom is 0.221 e. The van der Waals surface area contributed by atoms with Gasteiger partial charge in [-0.3, -0.25) is 4.79 Å². The van der Waals surface area contributed by atoms with Crippen LogP contribution in [-0.4, -0.2) is 26.4 Å². The number of hydrogen-bond donors (Lipinski definition) is 1. The van der Waals surface area contributed by atoms with E-state index < -0.39 is 17.7 Å². The Morgan fingerprint density at radius 2 is 1.87 bits per heavy atom. The molecule has 0 fully saturated rings. The molecule has 0 aliphatic heterocycles. The van der Waals surface area contributed by atoms with Crippen LogP contribution in [0.5, 0.6) is 0 Å². The monoisotopic (exact) mass is 213 g/mol. The van der Waals surface area contributed by atoms with Crippen LogP contribution in [0.15, 0.2) is 11.5 Å². The zero-order chi connectivity index (χ0) is 11.4. The van der Waals surface area contributed by atoms with Crippen LogP contribution in [0.25, 0.3) is 0 Å². The fraction of sp³-hybridized carbons (Fsp3) is 0.600. The zero-order valence-electron chi connectivity index (χ0n) is 8.86. The lowest BCUT2D eigenvalue weighted by Crippen LogP contribution is -2.34. The van der Waals surface area contributed by atoms with Crippen molar-refractivity contribution in [2.75, 3.05) is 14.2 Å². The van der Waals surface area contributed by atoms with Gasteiger partial charge in [-0.15, -0.1) is 0 Å². The van der Waals surface area contributed by atoms with Gasteiger partial charge in [0, 0.05) is 18.8 Å². The molecule has 1 amide bonds. The van der Waals surface area contributed by atoms with Gasteiger partial charge in [-0.2, -0.15) is 0 Å². The van der Waals surface area contributed by atoms with E-state index in [0.29, 0.717) is 24.4 Å². The number of carbonyl (C=O) groups excluding carboxylic acids is 2. The molecule has 0 aromatic carbocycles. The van der Waals surface area contributed by atoms with E-state index in [-0.39, 0.29) is 0 Å². The Balaban J connectivity index is 2.94. The minimum absolute atomic E-state index is 0.332. The molecule has 0 spiro atoms. The van der Waals surface area contributed by atoms with Crippen LogP contribution in [0, 0.1) is 11.8 Å². The Hall–Kier alpha value is -1.52. The second-order valence-electron chi connectivity index (χ2n) is 3.47. The van der Waals surface area contributed by atoms with E-state index >= 15 is 0 Å². The van der Waals surface area contributed by atoms with E-state index in [9.17, 15) is 9.59 Å². The molecule has 0 bridgehead atoms. The lowest BCUT2D eigenvalue weighted by molar-refractivity contribution is -0.128. The first-order chi connectivity index (χ1) is 7.13. The molecule has 2 atom stereocenters. The van der Waals surface area contributed by atoms with Gasteiger partial charge < -0.3 is 20.0 Å². The fourth-order valence-corrected chi connectivity index (χ4v) is 1.78. The van der Waals surface area contributed by atoms with Crippen molar-refractivity contribution in [3.63, 3.8) is 0 Å². The molecular weight excluding hydrogens is 198 g/mol. The molecule has 0 saturated heterocycles. The summed E-state index contributed by atoms with van der Waals surface area (Å²) in [7, 11) is 3.02. The van der Waals surface area contributed by atoms with E-state index in [1.807, 2.05) is 0 Å². The Labute approximate surface area is 88.2 Å². The van der Waals surface area contributed by atoms with Gasteiger partial charge in [0.15, 0.2) is 0 Å². The quantitative estimate of drug-likeness (QED) is 0.677. The second-order valence-corrected chi connectivity index (χ2v) is 3.47. The van der Waals surface area contributed by atoms with Crippen LogP contribution in [0.3, 0.4) is 0 Å². The average molecular weight is 213 g/mol. The number of amides is 1. The standard InChI is InChI=1S/C10H15NO4/c1-14-8-3-6(5-12)7(10(11)13)4-9(8)15-2/h5-7H,3-4H2,1-2H3,(H2,11,13). The predicted molar refractivity (Wildman–Crippen MR) is 52.5 cm³/mol. The summed E-state index contributed by atoms with van der Waals surface area (Å²) in [5, 5.41) is 0. The molecule has 2 N–H and O–H groups in total. The number of aldehydes is 1. The van der Waals surface area contributed by atoms with Crippen LogP contribution in [0.2, 0.25) is 0 Å². The SMILES string of the molecule is COC1=C(OC)CC(C(N)=O)C(C=O)C1. The number of methoxy groups -OCH3 is 2. The number of allylic oxidation sites excluding steroid dienone is 2. The molecule has 5 nitrogen and oxygen atoms in total. The Morgan fingerprint density at radius 3 is 2.27 bits per heavy atom. The molecule has 0 saturated carbocycles. The molecule has 0 heterocycles. The summed E-state index contributed by atoms with van der Waals surface area (Å²) in [4.78, 5) is 21.9. The highest BCUT2D eigenvalue weighted by atomic mass is 16.5. The molecule has 1 aliphatic rings. The van der Waals surface area contributed by atoms with Crippen molar-refractivity contribution in [2.45, 2.75) is 12.8 Å². The third kappa shape index (κ3) is 2.29. The molecular formula is C10H15NO4. The molecule has 5 heteroatoms. The van der Waals surface area contributed by atoms with E-state index in [4.69, 9.17) is 15.2 Å². The second kappa shape index (κ2) is 4.82. The van der Waals surface area contributed by atoms with Gasteiger partial charge in [-0.25, -0.2) is 0 Å². The maximum absolute atomic E-state index is 11.1. The predicted octanol–water partition coefficient (Wildman–Crippen LogP) is 0.201. The number of ether oxygens (including phenoxy) is 2. The summed E-state index contributed by atoms with van der Waals surface area (Å²) in [6.07, 6.45) is 1.45. The van der Waals surface area contributed by atoms with Crippen molar-refractivity contribution in [1.82, 2.24) is 0 Å². The van der Waals surface area contributed by atoms with Crippen molar-refractivity contribution < 1.29 is 19.1 Å². The smallest absolute Gasteiger partial charge is 0.221 e. The number of rotatable bonds is 4. The van der Waals surface area contributed by atoms with E-state index in [1.54, 1.807) is 0 Å². The summed E-state index contributed by atoms with van der Waals surface area (Å²) in [6, 6.07) is 0. The largest absolute Gasteiger partial charge is 0.498 e. The van der Waals surface area contributed by atoms with Crippen molar-refractivity contribution in [3.8, 4) is 0 Å². The molecule has 0 aromatic heterocycles. The first-order valence-electron chi connectivity index (χ1n) is 4.68. The van der Waals surface area contributed by atoms with Gasteiger partial charge in [0.05, 0.1) is 20.1 Å². The number of carbonyl (C=O) groups is 2. The number of primary amides is 1. The Kier molecular flexibility index (Phi) is 3.71. The lowest BCUT2D eigenvalue weighted by Gasteiger charge is -2.27. The van der Waals surface area contributed by atoms with E-state index in [2.05, 4.69) is 0 Å². The first-order valence-corrected chi connectivity index (χ1v) is 4.68. The normalized spacial score (nSPS) is 26.0. The summed E-state index contributed by atoms with van der Waals surface area (Å²) in [5.41, 5.74) is 5.22. The lowest BCUT2D eigenvalue weighted by atomic mass is 9.81. The molecule has 0 radical (unpaired) electrons. The van der Waals surface area contributed by atoms with Gasteiger partial charge in [0.25, 0.3) is 0 Å². The van der Waals surface area contributed by atoms with Gasteiger partial charge in [-0.1, -0.05) is 0 Å². The zero-order valence-corrected chi connectivity index (χ0v) is 8.86. The number of hydrogen-bond acceptors (Lipinski definition) is 4.